The zero-order valence-corrected chi connectivity index (χ0v) is 12.6. The lowest BCUT2D eigenvalue weighted by Gasteiger charge is -2.15. The summed E-state index contributed by atoms with van der Waals surface area (Å²) in [7, 11) is 0. The number of amides is 1. The number of hydrogen-bond acceptors (Lipinski definition) is 1. The fourth-order valence-corrected chi connectivity index (χ4v) is 2.37. The van der Waals surface area contributed by atoms with Gasteiger partial charge in [0.05, 0.1) is 12.5 Å². The van der Waals surface area contributed by atoms with Gasteiger partial charge in [-0.05, 0) is 36.2 Å². The lowest BCUT2D eigenvalue weighted by Crippen LogP contribution is -2.28. The SMILES string of the molecule is CC(NC(=O)Cc1ccccc1Cl)c1cccc(Cl)c1. The van der Waals surface area contributed by atoms with Crippen LogP contribution >= 0.6 is 23.2 Å². The smallest absolute Gasteiger partial charge is 0.224 e. The third-order valence-corrected chi connectivity index (χ3v) is 3.64. The van der Waals surface area contributed by atoms with Crippen LogP contribution in [0.15, 0.2) is 48.5 Å². The fraction of sp³-hybridized carbons (Fsp3) is 0.188. The summed E-state index contributed by atoms with van der Waals surface area (Å²) in [6.07, 6.45) is 0.268. The third-order valence-electron chi connectivity index (χ3n) is 3.04. The van der Waals surface area contributed by atoms with Crippen molar-refractivity contribution in [2.45, 2.75) is 19.4 Å². The van der Waals surface area contributed by atoms with Crippen molar-refractivity contribution in [3.63, 3.8) is 0 Å². The minimum absolute atomic E-state index is 0.0643. The van der Waals surface area contributed by atoms with Crippen LogP contribution in [0, 0.1) is 0 Å². The highest BCUT2D eigenvalue weighted by Gasteiger charge is 2.11. The number of halogens is 2. The highest BCUT2D eigenvalue weighted by molar-refractivity contribution is 6.31. The lowest BCUT2D eigenvalue weighted by molar-refractivity contribution is -0.121. The molecule has 0 spiro atoms. The van der Waals surface area contributed by atoms with Crippen LogP contribution in [0.5, 0.6) is 0 Å². The Labute approximate surface area is 128 Å². The Kier molecular flexibility index (Phi) is 5.05. The third kappa shape index (κ3) is 3.99. The molecule has 0 aromatic heterocycles. The number of carbonyl (C=O) groups is 1. The van der Waals surface area contributed by atoms with E-state index in [0.29, 0.717) is 10.0 Å². The molecule has 2 aromatic rings. The Balaban J connectivity index is 2.00. The molecule has 0 saturated heterocycles. The van der Waals surface area contributed by atoms with Gasteiger partial charge in [-0.1, -0.05) is 53.5 Å². The molecule has 0 aliphatic rings. The van der Waals surface area contributed by atoms with E-state index in [0.717, 1.165) is 11.1 Å². The summed E-state index contributed by atoms with van der Waals surface area (Å²) in [6, 6.07) is 14.7. The summed E-state index contributed by atoms with van der Waals surface area (Å²) in [5.74, 6) is -0.0643. The molecule has 0 heterocycles. The van der Waals surface area contributed by atoms with Gasteiger partial charge >= 0.3 is 0 Å². The maximum Gasteiger partial charge on any atom is 0.224 e. The summed E-state index contributed by atoms with van der Waals surface area (Å²) in [5, 5.41) is 4.21. The summed E-state index contributed by atoms with van der Waals surface area (Å²) in [4.78, 5) is 12.0. The molecule has 0 fully saturated rings. The topological polar surface area (TPSA) is 29.1 Å². The van der Waals surface area contributed by atoms with Crippen molar-refractivity contribution >= 4 is 29.1 Å². The number of hydrogen-bond donors (Lipinski definition) is 1. The van der Waals surface area contributed by atoms with E-state index >= 15 is 0 Å². The maximum atomic E-state index is 12.0. The molecule has 2 rings (SSSR count). The van der Waals surface area contributed by atoms with E-state index < -0.39 is 0 Å². The summed E-state index contributed by atoms with van der Waals surface area (Å²) >= 11 is 12.0. The van der Waals surface area contributed by atoms with Crippen LogP contribution in [0.2, 0.25) is 10.0 Å². The van der Waals surface area contributed by atoms with Crippen molar-refractivity contribution < 1.29 is 4.79 Å². The van der Waals surface area contributed by atoms with E-state index in [1.54, 1.807) is 6.07 Å². The molecule has 1 unspecified atom stereocenters. The minimum atomic E-state index is -0.0938. The number of carbonyl (C=O) groups excluding carboxylic acids is 1. The first-order valence-corrected chi connectivity index (χ1v) is 7.10. The van der Waals surface area contributed by atoms with Crippen molar-refractivity contribution in [1.29, 1.82) is 0 Å². The van der Waals surface area contributed by atoms with Crippen LogP contribution in [0.3, 0.4) is 0 Å². The zero-order valence-electron chi connectivity index (χ0n) is 11.1. The Morgan fingerprint density at radius 1 is 1.15 bits per heavy atom. The maximum absolute atomic E-state index is 12.0. The van der Waals surface area contributed by atoms with Gasteiger partial charge in [-0.25, -0.2) is 0 Å². The van der Waals surface area contributed by atoms with Crippen LogP contribution < -0.4 is 5.32 Å². The van der Waals surface area contributed by atoms with Gasteiger partial charge in [0.15, 0.2) is 0 Å². The van der Waals surface area contributed by atoms with E-state index in [-0.39, 0.29) is 18.4 Å². The van der Waals surface area contributed by atoms with Gasteiger partial charge in [0.25, 0.3) is 0 Å². The van der Waals surface area contributed by atoms with Crippen molar-refractivity contribution in [3.05, 3.63) is 69.7 Å². The van der Waals surface area contributed by atoms with Gasteiger partial charge in [-0.3, -0.25) is 4.79 Å². The zero-order chi connectivity index (χ0) is 14.5. The van der Waals surface area contributed by atoms with Gasteiger partial charge in [0, 0.05) is 10.0 Å². The molecule has 0 aliphatic heterocycles. The van der Waals surface area contributed by atoms with Crippen LogP contribution in [-0.2, 0) is 11.2 Å². The average Bonchev–Trinajstić information content (AvgIpc) is 2.41. The molecule has 104 valence electrons. The van der Waals surface area contributed by atoms with E-state index in [2.05, 4.69) is 5.32 Å². The molecule has 20 heavy (non-hydrogen) atoms. The first kappa shape index (κ1) is 14.9. The molecule has 0 aliphatic carbocycles. The van der Waals surface area contributed by atoms with E-state index in [1.165, 1.54) is 0 Å². The van der Waals surface area contributed by atoms with Crippen molar-refractivity contribution in [3.8, 4) is 0 Å². The Morgan fingerprint density at radius 2 is 1.90 bits per heavy atom. The molecule has 4 heteroatoms. The first-order valence-electron chi connectivity index (χ1n) is 6.34. The van der Waals surface area contributed by atoms with Crippen molar-refractivity contribution in [1.82, 2.24) is 5.32 Å². The predicted octanol–water partition coefficient (Wildman–Crippen LogP) is 4.41. The lowest BCUT2D eigenvalue weighted by atomic mass is 10.1. The molecule has 0 bridgehead atoms. The van der Waals surface area contributed by atoms with Crippen LogP contribution in [-0.4, -0.2) is 5.91 Å². The summed E-state index contributed by atoms with van der Waals surface area (Å²) in [6.45, 7) is 1.93. The first-order chi connectivity index (χ1) is 9.56. The van der Waals surface area contributed by atoms with Gasteiger partial charge in [0.1, 0.15) is 0 Å². The van der Waals surface area contributed by atoms with Gasteiger partial charge < -0.3 is 5.32 Å². The second kappa shape index (κ2) is 6.78. The monoisotopic (exact) mass is 307 g/mol. The van der Waals surface area contributed by atoms with Gasteiger partial charge in [-0.15, -0.1) is 0 Å². The minimum Gasteiger partial charge on any atom is -0.349 e. The molecule has 1 atom stereocenters. The number of rotatable bonds is 4. The second-order valence-corrected chi connectivity index (χ2v) is 5.46. The summed E-state index contributed by atoms with van der Waals surface area (Å²) in [5.41, 5.74) is 1.80. The van der Waals surface area contributed by atoms with E-state index in [4.69, 9.17) is 23.2 Å². The Hall–Kier alpha value is -1.51. The quantitative estimate of drug-likeness (QED) is 0.890. The largest absolute Gasteiger partial charge is 0.349 e. The highest BCUT2D eigenvalue weighted by Crippen LogP contribution is 2.19. The molecule has 2 nitrogen and oxygen atoms in total. The van der Waals surface area contributed by atoms with Crippen molar-refractivity contribution in [2.24, 2.45) is 0 Å². The van der Waals surface area contributed by atoms with Crippen molar-refractivity contribution in [2.75, 3.05) is 0 Å². The van der Waals surface area contributed by atoms with Gasteiger partial charge in [-0.2, -0.15) is 0 Å². The molecular weight excluding hydrogens is 293 g/mol. The molecule has 0 radical (unpaired) electrons. The second-order valence-electron chi connectivity index (χ2n) is 4.61. The van der Waals surface area contributed by atoms with Gasteiger partial charge in [0.2, 0.25) is 5.91 Å². The average molecular weight is 308 g/mol. The van der Waals surface area contributed by atoms with Crippen LogP contribution in [0.25, 0.3) is 0 Å². The standard InChI is InChI=1S/C16H15Cl2NO/c1-11(12-6-4-7-14(17)9-12)19-16(20)10-13-5-2-3-8-15(13)18/h2-9,11H,10H2,1H3,(H,19,20). The Bertz CT molecular complexity index is 613. The fourth-order valence-electron chi connectivity index (χ4n) is 1.97. The number of nitrogens with one attached hydrogen (secondary N) is 1. The Morgan fingerprint density at radius 3 is 2.60 bits per heavy atom. The van der Waals surface area contributed by atoms with E-state index in [9.17, 15) is 4.79 Å². The number of benzene rings is 2. The van der Waals surface area contributed by atoms with E-state index in [1.807, 2.05) is 49.4 Å². The normalized spacial score (nSPS) is 11.9. The molecule has 1 N–H and O–H groups in total. The van der Waals surface area contributed by atoms with Crippen LogP contribution in [0.1, 0.15) is 24.1 Å². The highest BCUT2D eigenvalue weighted by atomic mass is 35.5. The molecule has 1 amide bonds. The molecule has 0 saturated carbocycles. The summed E-state index contributed by atoms with van der Waals surface area (Å²) < 4.78 is 0. The molecular formula is C16H15Cl2NO. The van der Waals surface area contributed by atoms with Crippen LogP contribution in [0.4, 0.5) is 0 Å². The predicted molar refractivity (Wildman–Crippen MR) is 83.2 cm³/mol. The molecule has 2 aromatic carbocycles.